The van der Waals surface area contributed by atoms with Crippen molar-refractivity contribution in [2.75, 3.05) is 39.3 Å². The number of guanidine groups is 1. The molecule has 0 heterocycles. The second-order valence-electron chi connectivity index (χ2n) is 6.07. The van der Waals surface area contributed by atoms with E-state index in [1.165, 1.54) is 0 Å². The summed E-state index contributed by atoms with van der Waals surface area (Å²) >= 11 is 0. The Bertz CT molecular complexity index is 543. The molecule has 0 amide bonds. The summed E-state index contributed by atoms with van der Waals surface area (Å²) in [6.45, 7) is 10.1. The Kier molecular flexibility index (Phi) is 10.8. The number of ether oxygens (including phenoxy) is 1. The van der Waals surface area contributed by atoms with Gasteiger partial charge in [0.05, 0.1) is 13.2 Å². The van der Waals surface area contributed by atoms with Gasteiger partial charge in [0.15, 0.2) is 5.96 Å². The van der Waals surface area contributed by atoms with Gasteiger partial charge in [-0.3, -0.25) is 0 Å². The van der Waals surface area contributed by atoms with E-state index in [-0.39, 0.29) is 6.61 Å². The number of hydrogen-bond acceptors (Lipinski definition) is 3. The van der Waals surface area contributed by atoms with Crippen molar-refractivity contribution in [1.82, 2.24) is 15.5 Å². The largest absolute Gasteiger partial charge is 0.411 e. The van der Waals surface area contributed by atoms with Gasteiger partial charge in [-0.2, -0.15) is 13.2 Å². The van der Waals surface area contributed by atoms with Gasteiger partial charge in [0.1, 0.15) is 6.61 Å². The highest BCUT2D eigenvalue weighted by Gasteiger charge is 2.27. The zero-order valence-electron chi connectivity index (χ0n) is 16.4. The van der Waals surface area contributed by atoms with E-state index in [1.807, 2.05) is 19.1 Å². The SMILES string of the molecule is CCNC(=NCc1ccc(COCC(F)(F)F)cc1)NCCN(CC)CC. The maximum absolute atomic E-state index is 12.1. The molecule has 0 spiro atoms. The molecule has 0 saturated heterocycles. The van der Waals surface area contributed by atoms with Crippen LogP contribution in [0.1, 0.15) is 31.9 Å². The Morgan fingerprint density at radius 1 is 1.04 bits per heavy atom. The quantitative estimate of drug-likeness (QED) is 0.452. The smallest absolute Gasteiger partial charge is 0.367 e. The predicted molar refractivity (Wildman–Crippen MR) is 103 cm³/mol. The van der Waals surface area contributed by atoms with Crippen molar-refractivity contribution in [2.24, 2.45) is 4.99 Å². The van der Waals surface area contributed by atoms with E-state index in [0.717, 1.165) is 44.2 Å². The molecule has 1 rings (SSSR count). The van der Waals surface area contributed by atoms with E-state index < -0.39 is 12.8 Å². The third-order valence-corrected chi connectivity index (χ3v) is 3.94. The van der Waals surface area contributed by atoms with Gasteiger partial charge >= 0.3 is 6.18 Å². The lowest BCUT2D eigenvalue weighted by Crippen LogP contribution is -2.41. The number of nitrogens with zero attached hydrogens (tertiary/aromatic N) is 2. The van der Waals surface area contributed by atoms with Crippen LogP contribution in [0.2, 0.25) is 0 Å². The van der Waals surface area contributed by atoms with Gasteiger partial charge in [-0.25, -0.2) is 4.99 Å². The molecule has 0 aromatic heterocycles. The molecule has 0 radical (unpaired) electrons. The Balaban J connectivity index is 2.48. The molecule has 0 atom stereocenters. The fourth-order valence-corrected chi connectivity index (χ4v) is 2.41. The Morgan fingerprint density at radius 3 is 2.22 bits per heavy atom. The summed E-state index contributed by atoms with van der Waals surface area (Å²) in [6, 6.07) is 7.24. The molecule has 8 heteroatoms. The number of aliphatic imine (C=N–C) groups is 1. The van der Waals surface area contributed by atoms with Crippen LogP contribution < -0.4 is 10.6 Å². The van der Waals surface area contributed by atoms with Crippen LogP contribution in [0.25, 0.3) is 0 Å². The van der Waals surface area contributed by atoms with Gasteiger partial charge in [0, 0.05) is 19.6 Å². The van der Waals surface area contributed by atoms with Crippen LogP contribution in [-0.4, -0.2) is 56.4 Å². The van der Waals surface area contributed by atoms with E-state index in [9.17, 15) is 13.2 Å². The summed E-state index contributed by atoms with van der Waals surface area (Å²) < 4.78 is 40.9. The first-order valence-electron chi connectivity index (χ1n) is 9.34. The monoisotopic (exact) mass is 388 g/mol. The average Bonchev–Trinajstić information content (AvgIpc) is 2.63. The van der Waals surface area contributed by atoms with Crippen molar-refractivity contribution >= 4 is 5.96 Å². The highest BCUT2D eigenvalue weighted by atomic mass is 19.4. The first-order chi connectivity index (χ1) is 12.9. The van der Waals surface area contributed by atoms with Crippen LogP contribution in [0, 0.1) is 0 Å². The minimum absolute atomic E-state index is 0.0569. The highest BCUT2D eigenvalue weighted by Crippen LogP contribution is 2.16. The van der Waals surface area contributed by atoms with Crippen molar-refractivity contribution in [1.29, 1.82) is 0 Å². The van der Waals surface area contributed by atoms with E-state index in [0.29, 0.717) is 12.1 Å². The lowest BCUT2D eigenvalue weighted by Gasteiger charge is -2.19. The molecule has 2 N–H and O–H groups in total. The van der Waals surface area contributed by atoms with E-state index in [1.54, 1.807) is 12.1 Å². The molecule has 0 fully saturated rings. The third-order valence-electron chi connectivity index (χ3n) is 3.94. The van der Waals surface area contributed by atoms with Gasteiger partial charge < -0.3 is 20.3 Å². The van der Waals surface area contributed by atoms with E-state index >= 15 is 0 Å². The van der Waals surface area contributed by atoms with Crippen LogP contribution in [-0.2, 0) is 17.9 Å². The number of benzene rings is 1. The molecule has 5 nitrogen and oxygen atoms in total. The standard InChI is InChI=1S/C19H31F3N4O/c1-4-23-18(24-11-12-26(5-2)6-3)25-13-16-7-9-17(10-8-16)14-27-15-19(20,21)22/h7-10H,4-6,11-15H2,1-3H3,(H2,23,24,25). The molecule has 0 aliphatic carbocycles. The first-order valence-corrected chi connectivity index (χ1v) is 9.34. The van der Waals surface area contributed by atoms with E-state index in [4.69, 9.17) is 0 Å². The van der Waals surface area contributed by atoms with Gasteiger partial charge in [-0.1, -0.05) is 38.1 Å². The minimum Gasteiger partial charge on any atom is -0.367 e. The number of nitrogens with one attached hydrogen (secondary N) is 2. The molecule has 0 aliphatic heterocycles. The molecular formula is C19H31F3N4O. The molecule has 0 bridgehead atoms. The minimum atomic E-state index is -4.30. The highest BCUT2D eigenvalue weighted by molar-refractivity contribution is 5.79. The van der Waals surface area contributed by atoms with Crippen LogP contribution in [0.4, 0.5) is 13.2 Å². The maximum atomic E-state index is 12.1. The normalized spacial score (nSPS) is 12.5. The maximum Gasteiger partial charge on any atom is 0.411 e. The van der Waals surface area contributed by atoms with Crippen LogP contribution in [0.3, 0.4) is 0 Å². The lowest BCUT2D eigenvalue weighted by molar-refractivity contribution is -0.176. The van der Waals surface area contributed by atoms with Crippen molar-refractivity contribution in [3.8, 4) is 0 Å². The Labute approximate surface area is 160 Å². The number of likely N-dealkylation sites (N-methyl/N-ethyl adjacent to an activating group) is 1. The molecular weight excluding hydrogens is 357 g/mol. The topological polar surface area (TPSA) is 48.9 Å². The molecule has 0 aliphatic rings. The summed E-state index contributed by atoms with van der Waals surface area (Å²) in [7, 11) is 0. The fraction of sp³-hybridized carbons (Fsp3) is 0.632. The van der Waals surface area contributed by atoms with Gasteiger partial charge in [0.2, 0.25) is 0 Å². The lowest BCUT2D eigenvalue weighted by atomic mass is 10.1. The summed E-state index contributed by atoms with van der Waals surface area (Å²) in [5.41, 5.74) is 1.69. The van der Waals surface area contributed by atoms with Gasteiger partial charge in [-0.15, -0.1) is 0 Å². The second-order valence-corrected chi connectivity index (χ2v) is 6.07. The van der Waals surface area contributed by atoms with Crippen molar-refractivity contribution in [2.45, 2.75) is 40.1 Å². The van der Waals surface area contributed by atoms with Crippen LogP contribution in [0.15, 0.2) is 29.3 Å². The molecule has 27 heavy (non-hydrogen) atoms. The zero-order chi connectivity index (χ0) is 20.1. The third kappa shape index (κ3) is 10.8. The van der Waals surface area contributed by atoms with Crippen molar-refractivity contribution in [3.63, 3.8) is 0 Å². The Morgan fingerprint density at radius 2 is 1.67 bits per heavy atom. The second kappa shape index (κ2) is 12.6. The molecule has 0 saturated carbocycles. The summed E-state index contributed by atoms with van der Waals surface area (Å²) in [5, 5.41) is 6.52. The Hall–Kier alpha value is -1.80. The molecule has 154 valence electrons. The van der Waals surface area contributed by atoms with Crippen LogP contribution >= 0.6 is 0 Å². The van der Waals surface area contributed by atoms with Crippen molar-refractivity contribution in [3.05, 3.63) is 35.4 Å². The fourth-order valence-electron chi connectivity index (χ4n) is 2.41. The summed E-state index contributed by atoms with van der Waals surface area (Å²) in [6.07, 6.45) is -4.30. The molecule has 1 aromatic carbocycles. The number of hydrogen-bond donors (Lipinski definition) is 2. The molecule has 0 unspecified atom stereocenters. The first kappa shape index (κ1) is 23.2. The van der Waals surface area contributed by atoms with E-state index in [2.05, 4.69) is 39.1 Å². The zero-order valence-corrected chi connectivity index (χ0v) is 16.4. The van der Waals surface area contributed by atoms with Crippen LogP contribution in [0.5, 0.6) is 0 Å². The number of alkyl halides is 3. The summed E-state index contributed by atoms with van der Waals surface area (Å²) in [4.78, 5) is 6.88. The number of rotatable bonds is 11. The van der Waals surface area contributed by atoms with Gasteiger partial charge in [0.25, 0.3) is 0 Å². The van der Waals surface area contributed by atoms with Crippen molar-refractivity contribution < 1.29 is 17.9 Å². The van der Waals surface area contributed by atoms with Gasteiger partial charge in [-0.05, 0) is 31.1 Å². The number of halogens is 3. The molecule has 1 aromatic rings. The average molecular weight is 388 g/mol. The predicted octanol–water partition coefficient (Wildman–Crippen LogP) is 3.16. The summed E-state index contributed by atoms with van der Waals surface area (Å²) in [5.74, 6) is 0.752.